The second kappa shape index (κ2) is 7.84. The molecule has 0 aliphatic heterocycles. The molecular formula is C22H24N2O3. The van der Waals surface area contributed by atoms with Crippen molar-refractivity contribution in [2.45, 2.75) is 38.9 Å². The normalized spacial score (nSPS) is 18.4. The quantitative estimate of drug-likeness (QED) is 0.628. The van der Waals surface area contributed by atoms with Crippen LogP contribution in [-0.4, -0.2) is 5.91 Å². The highest BCUT2D eigenvalue weighted by atomic mass is 16.3. The SMILES string of the molecule is CC1CC1c1ccc(CNCc2cccc(C(=O)NCc3ccco3)c2)o1. The lowest BCUT2D eigenvalue weighted by Gasteiger charge is -2.07. The van der Waals surface area contributed by atoms with Crippen molar-refractivity contribution in [3.63, 3.8) is 0 Å². The molecule has 2 atom stereocenters. The average molecular weight is 364 g/mol. The molecule has 2 heterocycles. The van der Waals surface area contributed by atoms with Gasteiger partial charge in [0.05, 0.1) is 19.4 Å². The number of rotatable bonds is 8. The van der Waals surface area contributed by atoms with E-state index in [4.69, 9.17) is 8.83 Å². The zero-order valence-electron chi connectivity index (χ0n) is 15.4. The van der Waals surface area contributed by atoms with Gasteiger partial charge in [0.25, 0.3) is 5.91 Å². The number of hydrogen-bond acceptors (Lipinski definition) is 4. The number of furan rings is 2. The second-order valence-corrected chi connectivity index (χ2v) is 7.19. The third kappa shape index (κ3) is 4.49. The Hall–Kier alpha value is -2.79. The van der Waals surface area contributed by atoms with E-state index in [2.05, 4.69) is 23.6 Å². The van der Waals surface area contributed by atoms with Crippen LogP contribution in [0.3, 0.4) is 0 Å². The molecule has 1 amide bonds. The van der Waals surface area contributed by atoms with Gasteiger partial charge in [-0.3, -0.25) is 4.79 Å². The molecule has 0 bridgehead atoms. The smallest absolute Gasteiger partial charge is 0.251 e. The summed E-state index contributed by atoms with van der Waals surface area (Å²) < 4.78 is 11.1. The summed E-state index contributed by atoms with van der Waals surface area (Å²) >= 11 is 0. The van der Waals surface area contributed by atoms with Gasteiger partial charge in [-0.25, -0.2) is 0 Å². The number of carbonyl (C=O) groups excluding carboxylic acids is 1. The molecule has 5 nitrogen and oxygen atoms in total. The zero-order valence-corrected chi connectivity index (χ0v) is 15.4. The fraction of sp³-hybridized carbons (Fsp3) is 0.318. The van der Waals surface area contributed by atoms with E-state index in [0.29, 0.717) is 31.1 Å². The number of benzene rings is 1. The van der Waals surface area contributed by atoms with Crippen LogP contribution in [0.2, 0.25) is 0 Å². The summed E-state index contributed by atoms with van der Waals surface area (Å²) in [4.78, 5) is 12.3. The summed E-state index contributed by atoms with van der Waals surface area (Å²) in [6.45, 7) is 3.99. The molecule has 3 aromatic rings. The van der Waals surface area contributed by atoms with Crippen molar-refractivity contribution in [1.82, 2.24) is 10.6 Å². The second-order valence-electron chi connectivity index (χ2n) is 7.19. The van der Waals surface area contributed by atoms with Gasteiger partial charge in [-0.15, -0.1) is 0 Å². The highest BCUT2D eigenvalue weighted by molar-refractivity contribution is 5.94. The van der Waals surface area contributed by atoms with Gasteiger partial charge in [0.1, 0.15) is 17.3 Å². The fourth-order valence-corrected chi connectivity index (χ4v) is 3.24. The Kier molecular flexibility index (Phi) is 5.12. The molecule has 1 aliphatic rings. The summed E-state index contributed by atoms with van der Waals surface area (Å²) in [5, 5.41) is 6.25. The van der Waals surface area contributed by atoms with Crippen molar-refractivity contribution in [1.29, 1.82) is 0 Å². The van der Waals surface area contributed by atoms with Gasteiger partial charge in [-0.05, 0) is 54.3 Å². The van der Waals surface area contributed by atoms with Crippen molar-refractivity contribution in [3.8, 4) is 0 Å². The van der Waals surface area contributed by atoms with E-state index >= 15 is 0 Å². The number of carbonyl (C=O) groups is 1. The van der Waals surface area contributed by atoms with Crippen LogP contribution in [0.5, 0.6) is 0 Å². The van der Waals surface area contributed by atoms with Crippen LogP contribution >= 0.6 is 0 Å². The third-order valence-corrected chi connectivity index (χ3v) is 4.98. The van der Waals surface area contributed by atoms with Crippen LogP contribution in [-0.2, 0) is 19.6 Å². The lowest BCUT2D eigenvalue weighted by Crippen LogP contribution is -2.22. The summed E-state index contributed by atoms with van der Waals surface area (Å²) in [5.74, 6) is 4.04. The minimum Gasteiger partial charge on any atom is -0.467 e. The molecule has 1 saturated carbocycles. The molecule has 4 rings (SSSR count). The molecule has 1 aliphatic carbocycles. The third-order valence-electron chi connectivity index (χ3n) is 4.98. The van der Waals surface area contributed by atoms with E-state index in [1.165, 1.54) is 6.42 Å². The topological polar surface area (TPSA) is 67.4 Å². The van der Waals surface area contributed by atoms with Gasteiger partial charge in [-0.2, -0.15) is 0 Å². The number of nitrogens with one attached hydrogen (secondary N) is 2. The molecule has 0 radical (unpaired) electrons. The largest absolute Gasteiger partial charge is 0.467 e. The van der Waals surface area contributed by atoms with Crippen molar-refractivity contribution in [2.24, 2.45) is 5.92 Å². The van der Waals surface area contributed by atoms with Crippen LogP contribution in [0.1, 0.15) is 52.5 Å². The van der Waals surface area contributed by atoms with Crippen molar-refractivity contribution < 1.29 is 13.6 Å². The zero-order chi connectivity index (χ0) is 18.6. The monoisotopic (exact) mass is 364 g/mol. The fourth-order valence-electron chi connectivity index (χ4n) is 3.24. The predicted octanol–water partition coefficient (Wildman–Crippen LogP) is 4.22. The maximum atomic E-state index is 12.3. The van der Waals surface area contributed by atoms with E-state index in [9.17, 15) is 4.79 Å². The van der Waals surface area contributed by atoms with E-state index in [-0.39, 0.29) is 5.91 Å². The van der Waals surface area contributed by atoms with Crippen LogP contribution in [0.4, 0.5) is 0 Å². The first-order valence-electron chi connectivity index (χ1n) is 9.38. The first kappa shape index (κ1) is 17.6. The van der Waals surface area contributed by atoms with Gasteiger partial charge in [0.2, 0.25) is 0 Å². The van der Waals surface area contributed by atoms with Gasteiger partial charge in [0.15, 0.2) is 0 Å². The summed E-state index contributed by atoms with van der Waals surface area (Å²) in [7, 11) is 0. The predicted molar refractivity (Wildman–Crippen MR) is 102 cm³/mol. The van der Waals surface area contributed by atoms with E-state index in [0.717, 1.165) is 28.8 Å². The Labute approximate surface area is 158 Å². The molecule has 5 heteroatoms. The summed E-state index contributed by atoms with van der Waals surface area (Å²) in [6, 6.07) is 15.4. The Morgan fingerprint density at radius 1 is 1.07 bits per heavy atom. The van der Waals surface area contributed by atoms with E-state index < -0.39 is 0 Å². The van der Waals surface area contributed by atoms with Gasteiger partial charge in [0, 0.05) is 18.0 Å². The van der Waals surface area contributed by atoms with Crippen molar-refractivity contribution in [2.75, 3.05) is 0 Å². The highest BCUT2D eigenvalue weighted by Crippen LogP contribution is 2.47. The molecule has 0 spiro atoms. The Morgan fingerprint density at radius 2 is 1.96 bits per heavy atom. The average Bonchev–Trinajstić information content (AvgIpc) is 3.09. The Balaban J connectivity index is 1.27. The first-order chi connectivity index (χ1) is 13.2. The molecule has 1 aromatic carbocycles. The molecule has 140 valence electrons. The van der Waals surface area contributed by atoms with Crippen LogP contribution in [0.25, 0.3) is 0 Å². The van der Waals surface area contributed by atoms with Gasteiger partial charge >= 0.3 is 0 Å². The van der Waals surface area contributed by atoms with E-state index in [1.54, 1.807) is 12.3 Å². The van der Waals surface area contributed by atoms with Crippen LogP contribution < -0.4 is 10.6 Å². The highest BCUT2D eigenvalue weighted by Gasteiger charge is 2.36. The standard InChI is InChI=1S/C22H24N2O3/c1-15-10-20(15)21-8-7-19(27-21)13-23-12-16-4-2-5-17(11-16)22(25)24-14-18-6-3-9-26-18/h2-9,11,15,20,23H,10,12-14H2,1H3,(H,24,25). The molecule has 2 unspecified atom stereocenters. The molecule has 2 aromatic heterocycles. The van der Waals surface area contributed by atoms with Crippen LogP contribution in [0, 0.1) is 5.92 Å². The molecule has 1 fully saturated rings. The van der Waals surface area contributed by atoms with Crippen molar-refractivity contribution in [3.05, 3.63) is 83.2 Å². The Morgan fingerprint density at radius 3 is 2.74 bits per heavy atom. The minimum atomic E-state index is -0.109. The lowest BCUT2D eigenvalue weighted by molar-refractivity contribution is 0.0948. The number of amides is 1. The molecule has 27 heavy (non-hydrogen) atoms. The molecule has 2 N–H and O–H groups in total. The summed E-state index contributed by atoms with van der Waals surface area (Å²) in [5.41, 5.74) is 1.70. The van der Waals surface area contributed by atoms with Crippen LogP contribution in [0.15, 0.2) is 63.6 Å². The van der Waals surface area contributed by atoms with Crippen molar-refractivity contribution >= 4 is 5.91 Å². The maximum absolute atomic E-state index is 12.3. The van der Waals surface area contributed by atoms with Gasteiger partial charge < -0.3 is 19.5 Å². The van der Waals surface area contributed by atoms with E-state index in [1.807, 2.05) is 36.4 Å². The molecular weight excluding hydrogens is 340 g/mol. The maximum Gasteiger partial charge on any atom is 0.251 e. The lowest BCUT2D eigenvalue weighted by atomic mass is 10.1. The molecule has 0 saturated heterocycles. The summed E-state index contributed by atoms with van der Waals surface area (Å²) in [6.07, 6.45) is 2.83. The van der Waals surface area contributed by atoms with Gasteiger partial charge in [-0.1, -0.05) is 19.1 Å². The minimum absolute atomic E-state index is 0.109. The number of hydrogen-bond donors (Lipinski definition) is 2. The first-order valence-corrected chi connectivity index (χ1v) is 9.38. The Bertz CT molecular complexity index is 898.